The highest BCUT2D eigenvalue weighted by Crippen LogP contribution is 2.38. The molecule has 2 heterocycles. The van der Waals surface area contributed by atoms with E-state index in [9.17, 15) is 18.4 Å². The summed E-state index contributed by atoms with van der Waals surface area (Å²) in [5.74, 6) is -1.83. The zero-order valence-electron chi connectivity index (χ0n) is 14.7. The van der Waals surface area contributed by atoms with E-state index in [1.807, 2.05) is 0 Å². The van der Waals surface area contributed by atoms with Crippen LogP contribution in [0.15, 0.2) is 23.3 Å². The van der Waals surface area contributed by atoms with Gasteiger partial charge in [0, 0.05) is 7.05 Å². The van der Waals surface area contributed by atoms with Crippen LogP contribution in [0.25, 0.3) is 0 Å². The van der Waals surface area contributed by atoms with Crippen molar-refractivity contribution in [3.05, 3.63) is 43.0 Å². The third-order valence-corrected chi connectivity index (χ3v) is 5.51. The Kier molecular flexibility index (Phi) is 6.83. The molecule has 15 heteroatoms. The van der Waals surface area contributed by atoms with E-state index in [-0.39, 0.29) is 36.5 Å². The molecule has 0 unspecified atom stereocenters. The molecule has 1 aliphatic rings. The van der Waals surface area contributed by atoms with E-state index in [2.05, 4.69) is 31.5 Å². The molecule has 0 spiro atoms. The molecule has 160 valence electrons. The molecule has 0 saturated carbocycles. The molecule has 0 atom stereocenters. The van der Waals surface area contributed by atoms with Gasteiger partial charge in [0.15, 0.2) is 5.75 Å². The topological polar surface area (TPSA) is 107 Å². The van der Waals surface area contributed by atoms with Crippen molar-refractivity contribution in [1.82, 2.24) is 21.4 Å². The predicted molar refractivity (Wildman–Crippen MR) is 109 cm³/mol. The number of nitrogens with one attached hydrogen (secondary N) is 4. The van der Waals surface area contributed by atoms with Crippen molar-refractivity contribution in [2.24, 2.45) is 5.10 Å². The monoisotopic (exact) mass is 498 g/mol. The van der Waals surface area contributed by atoms with Crippen molar-refractivity contribution < 1.29 is 23.1 Å². The highest BCUT2D eigenvalue weighted by Gasteiger charge is 2.25. The predicted octanol–water partition coefficient (Wildman–Crippen LogP) is 3.52. The van der Waals surface area contributed by atoms with E-state index < -0.39 is 24.2 Å². The molecule has 3 rings (SSSR count). The van der Waals surface area contributed by atoms with Crippen molar-refractivity contribution in [3.63, 3.8) is 0 Å². The number of ether oxygens (including phenoxy) is 1. The van der Waals surface area contributed by atoms with Crippen LogP contribution in [-0.2, 0) is 0 Å². The number of carbonyl (C=O) groups is 2. The fourth-order valence-electron chi connectivity index (χ4n) is 2.28. The SMILES string of the molecule is CN1NNN=C1NC(=O)c1ccc(OC(F)F)c(NC(=O)c2cc(Cl)sc2Cl)c1Cl. The number of hydrazone groups is 1. The molecule has 0 fully saturated rings. The maximum atomic E-state index is 12.8. The standard InChI is InChI=1S/C15H11Cl3F2N6O3S/c1-26-15(23-24-25-26)22-12(27)5-2-3-7(29-14(19)20)10(9(5)17)21-13(28)6-4-8(16)30-11(6)18/h2-4,14,24-25H,1H3,(H,21,28)(H,22,23,27). The van der Waals surface area contributed by atoms with Crippen molar-refractivity contribution in [2.45, 2.75) is 6.61 Å². The number of rotatable bonds is 5. The molecule has 0 saturated heterocycles. The van der Waals surface area contributed by atoms with Gasteiger partial charge in [-0.2, -0.15) is 8.78 Å². The van der Waals surface area contributed by atoms with Gasteiger partial charge in [-0.15, -0.1) is 22.0 Å². The summed E-state index contributed by atoms with van der Waals surface area (Å²) in [6.45, 7) is -3.20. The summed E-state index contributed by atoms with van der Waals surface area (Å²) in [6.07, 6.45) is 0. The first-order valence-electron chi connectivity index (χ1n) is 7.84. The van der Waals surface area contributed by atoms with Gasteiger partial charge in [-0.05, 0) is 18.2 Å². The number of benzene rings is 1. The van der Waals surface area contributed by atoms with E-state index in [4.69, 9.17) is 34.8 Å². The molecule has 0 aliphatic carbocycles. The van der Waals surface area contributed by atoms with Gasteiger partial charge in [0.25, 0.3) is 11.8 Å². The molecule has 1 aromatic heterocycles. The molecule has 4 N–H and O–H groups in total. The van der Waals surface area contributed by atoms with Crippen LogP contribution in [0.3, 0.4) is 0 Å². The van der Waals surface area contributed by atoms with Crippen LogP contribution in [-0.4, -0.2) is 36.4 Å². The van der Waals surface area contributed by atoms with Gasteiger partial charge in [0.05, 0.1) is 20.5 Å². The molecular formula is C15H11Cl3F2N6O3S. The molecule has 9 nitrogen and oxygen atoms in total. The van der Waals surface area contributed by atoms with Gasteiger partial charge in [-0.1, -0.05) is 34.8 Å². The van der Waals surface area contributed by atoms with Gasteiger partial charge in [-0.25, -0.2) is 5.53 Å². The van der Waals surface area contributed by atoms with Gasteiger partial charge in [-0.3, -0.25) is 19.9 Å². The maximum Gasteiger partial charge on any atom is 0.387 e. The normalized spacial score (nSPS) is 13.2. The number of thiophene rings is 1. The summed E-state index contributed by atoms with van der Waals surface area (Å²) in [7, 11) is 1.57. The smallest absolute Gasteiger partial charge is 0.387 e. The first-order valence-corrected chi connectivity index (χ1v) is 9.79. The van der Waals surface area contributed by atoms with E-state index in [0.29, 0.717) is 0 Å². The average molecular weight is 500 g/mol. The van der Waals surface area contributed by atoms with Crippen LogP contribution >= 0.6 is 46.1 Å². The van der Waals surface area contributed by atoms with Crippen molar-refractivity contribution in [2.75, 3.05) is 12.4 Å². The van der Waals surface area contributed by atoms with E-state index in [0.717, 1.165) is 23.5 Å². The van der Waals surface area contributed by atoms with Crippen molar-refractivity contribution in [1.29, 1.82) is 0 Å². The van der Waals surface area contributed by atoms with Gasteiger partial charge >= 0.3 is 6.61 Å². The second kappa shape index (κ2) is 9.18. The Labute approximate surface area is 186 Å². The molecule has 0 radical (unpaired) electrons. The highest BCUT2D eigenvalue weighted by molar-refractivity contribution is 7.20. The summed E-state index contributed by atoms with van der Waals surface area (Å²) >= 11 is 19.0. The molecule has 2 amide bonds. The lowest BCUT2D eigenvalue weighted by Crippen LogP contribution is -2.45. The zero-order valence-corrected chi connectivity index (χ0v) is 17.8. The molecule has 1 aliphatic heterocycles. The largest absolute Gasteiger partial charge is 0.433 e. The first kappa shape index (κ1) is 22.3. The lowest BCUT2D eigenvalue weighted by molar-refractivity contribution is -0.0493. The van der Waals surface area contributed by atoms with Gasteiger partial charge < -0.3 is 10.1 Å². The van der Waals surface area contributed by atoms with Crippen LogP contribution in [0.4, 0.5) is 14.5 Å². The Balaban J connectivity index is 1.94. The van der Waals surface area contributed by atoms with Crippen LogP contribution in [0.2, 0.25) is 13.7 Å². The zero-order chi connectivity index (χ0) is 22.0. The Morgan fingerprint density at radius 2 is 1.90 bits per heavy atom. The van der Waals surface area contributed by atoms with E-state index in [1.54, 1.807) is 7.05 Å². The Bertz CT molecular complexity index is 1040. The van der Waals surface area contributed by atoms with Gasteiger partial charge in [0.1, 0.15) is 10.0 Å². The van der Waals surface area contributed by atoms with Gasteiger partial charge in [0.2, 0.25) is 5.96 Å². The maximum absolute atomic E-state index is 12.8. The van der Waals surface area contributed by atoms with Crippen molar-refractivity contribution in [3.8, 4) is 5.75 Å². The van der Waals surface area contributed by atoms with E-state index in [1.165, 1.54) is 11.1 Å². The van der Waals surface area contributed by atoms with E-state index >= 15 is 0 Å². The number of anilines is 1. The second-order valence-corrected chi connectivity index (χ2v) is 8.21. The number of hydrazine groups is 2. The second-order valence-electron chi connectivity index (χ2n) is 5.54. The lowest BCUT2D eigenvalue weighted by Gasteiger charge is -2.17. The minimum atomic E-state index is -3.20. The van der Waals surface area contributed by atoms with Crippen LogP contribution in [0, 0.1) is 0 Å². The number of carbonyl (C=O) groups excluding carboxylic acids is 2. The summed E-state index contributed by atoms with van der Waals surface area (Å²) in [5, 5.41) is 9.61. The number of alkyl halides is 2. The number of guanidine groups is 1. The Morgan fingerprint density at radius 3 is 2.47 bits per heavy atom. The summed E-state index contributed by atoms with van der Waals surface area (Å²) in [6, 6.07) is 3.54. The van der Waals surface area contributed by atoms with Crippen molar-refractivity contribution >= 4 is 69.6 Å². The Hall–Kier alpha value is -2.38. The molecule has 1 aromatic carbocycles. The van der Waals surface area contributed by atoms with Crippen LogP contribution < -0.4 is 26.4 Å². The average Bonchev–Trinajstić information content (AvgIpc) is 3.22. The Morgan fingerprint density at radius 1 is 1.20 bits per heavy atom. The van der Waals surface area contributed by atoms with Crippen LogP contribution in [0.5, 0.6) is 5.75 Å². The molecular weight excluding hydrogens is 489 g/mol. The lowest BCUT2D eigenvalue weighted by atomic mass is 10.1. The third-order valence-electron chi connectivity index (χ3n) is 3.63. The summed E-state index contributed by atoms with van der Waals surface area (Å²) < 4.78 is 30.3. The summed E-state index contributed by atoms with van der Waals surface area (Å²) in [5.41, 5.74) is 4.53. The minimum absolute atomic E-state index is 0.000306. The molecule has 30 heavy (non-hydrogen) atoms. The third kappa shape index (κ3) is 4.84. The number of amides is 2. The summed E-state index contributed by atoms with van der Waals surface area (Å²) in [4.78, 5) is 25.1. The highest BCUT2D eigenvalue weighted by atomic mass is 35.5. The fourth-order valence-corrected chi connectivity index (χ4v) is 4.03. The minimum Gasteiger partial charge on any atom is -0.433 e. The number of halogens is 5. The number of nitrogens with zero attached hydrogens (tertiary/aromatic N) is 2. The fraction of sp³-hybridized carbons (Fsp3) is 0.133. The quantitative estimate of drug-likeness (QED) is 0.502. The first-order chi connectivity index (χ1) is 14.2. The molecule has 2 aromatic rings. The number of hydrogen-bond donors (Lipinski definition) is 4. The molecule has 0 bridgehead atoms. The number of hydrogen-bond acceptors (Lipinski definition) is 8. The van der Waals surface area contributed by atoms with Crippen LogP contribution in [0.1, 0.15) is 20.7 Å².